The molecule has 12 atom stereocenters. The Morgan fingerprint density at radius 1 is 0.792 bits per heavy atom. The van der Waals surface area contributed by atoms with E-state index in [1.54, 1.807) is 6.08 Å². The number of Topliss-reactive ketones (excluding diaryl/α,β-unsaturated/α-hetero) is 1. The Hall–Kier alpha value is -1.37. The van der Waals surface area contributed by atoms with Crippen molar-refractivity contribution in [1.29, 1.82) is 0 Å². The number of carbonyl (C=O) groups is 5. The Morgan fingerprint density at radius 3 is 1.74 bits per heavy atom. The molecule has 16 heteroatoms. The van der Waals surface area contributed by atoms with Crippen molar-refractivity contribution in [3.8, 4) is 0 Å². The smallest absolute Gasteiger partial charge is 0.306 e. The lowest BCUT2D eigenvalue weighted by Gasteiger charge is -2.19. The molecule has 0 N–H and O–H groups in total. The molecule has 2 saturated heterocycles. The SMILES string of the molecule is CCC(=O)CCc1ccccc1.O=C(/C=C/[C@@H]1[C@H]2CC(=O)O[C@H]2C[C@H]1OP[B]P)CCc1ccccc1.O=C[C@@H]1[C@H]2CC(=O)O[C@H]2C[C@H]1OP[B]P.[I-]. The van der Waals surface area contributed by atoms with Crippen molar-refractivity contribution in [2.75, 3.05) is 0 Å². The van der Waals surface area contributed by atoms with Gasteiger partial charge in [-0.25, -0.2) is 0 Å². The molecule has 2 saturated carbocycles. The highest BCUT2D eigenvalue weighted by Crippen LogP contribution is 2.45. The molecule has 6 rings (SSSR count). The lowest BCUT2D eigenvalue weighted by molar-refractivity contribution is -0.142. The van der Waals surface area contributed by atoms with Gasteiger partial charge in [-0.2, -0.15) is 18.2 Å². The third-order valence-corrected chi connectivity index (χ3v) is 11.7. The normalized spacial score (nSPS) is 26.8. The summed E-state index contributed by atoms with van der Waals surface area (Å²) < 4.78 is 22.0. The fraction of sp³-hybridized carbons (Fsp3) is 0.486. The zero-order chi connectivity index (χ0) is 37.3. The molecule has 2 radical (unpaired) electrons. The number of esters is 2. The zero-order valence-electron chi connectivity index (χ0n) is 29.8. The van der Waals surface area contributed by atoms with Gasteiger partial charge in [0.05, 0.1) is 25.0 Å². The molecule has 2 heterocycles. The van der Waals surface area contributed by atoms with E-state index < -0.39 is 0 Å². The number of halogens is 1. The topological polar surface area (TPSA) is 122 Å². The molecule has 0 amide bonds. The van der Waals surface area contributed by atoms with Crippen molar-refractivity contribution in [3.05, 3.63) is 83.9 Å². The highest BCUT2D eigenvalue weighted by molar-refractivity contribution is 7.93. The van der Waals surface area contributed by atoms with Crippen LogP contribution < -0.4 is 24.0 Å². The number of hydrogen-bond donors (Lipinski definition) is 0. The number of benzene rings is 2. The Bertz CT molecular complexity index is 1490. The average Bonchev–Trinajstić information content (AvgIpc) is 3.89. The molecule has 2 aromatic carbocycles. The summed E-state index contributed by atoms with van der Waals surface area (Å²) >= 11 is 0. The molecule has 4 aliphatic rings. The second kappa shape index (κ2) is 25.0. The standard InChI is InChI=1S/C18H22BO4P2.C11H14O.C8H12BO4P2.HI/c20-13(7-6-12-4-2-1-3-5-12)8-9-14-15-10-18(21)22-16(15)11-17(14)23-25-19-24;1-2-11(12)9-8-10-6-4-3-5-7-10;10-3-5-4-1-8(11)12-6(4)2-7(5)13-15-9-14;/h1-5,8-9,14-17,25H,6-7,10-11,24H2;3-7H,2,8-9H2,1H3;3-7,15H,1-2,14H2;1H/p-1/b9-8+;;;/t14-,15-,16+,17-;;4-,5-,6+,7-;/m1.1./s1. The van der Waals surface area contributed by atoms with Crippen molar-refractivity contribution in [3.63, 3.8) is 0 Å². The van der Waals surface area contributed by atoms with Gasteiger partial charge in [0, 0.05) is 55.8 Å². The maximum absolute atomic E-state index is 12.2. The number of ketones is 2. The first-order chi connectivity index (χ1) is 25.3. The van der Waals surface area contributed by atoms with Crippen LogP contribution in [0.5, 0.6) is 0 Å². The van der Waals surface area contributed by atoms with E-state index >= 15 is 0 Å². The van der Waals surface area contributed by atoms with Gasteiger partial charge in [0.25, 0.3) is 0 Å². The molecule has 2 aromatic rings. The molecular weight excluding hydrogens is 861 g/mol. The maximum Gasteiger partial charge on any atom is 0.306 e. The van der Waals surface area contributed by atoms with E-state index in [2.05, 4.69) is 30.4 Å². The molecule has 4 fully saturated rings. The van der Waals surface area contributed by atoms with E-state index in [0.717, 1.165) is 25.5 Å². The van der Waals surface area contributed by atoms with Gasteiger partial charge >= 0.3 is 11.9 Å². The van der Waals surface area contributed by atoms with E-state index in [1.807, 2.05) is 75.0 Å². The van der Waals surface area contributed by atoms with E-state index in [9.17, 15) is 24.0 Å². The molecule has 4 unspecified atom stereocenters. The van der Waals surface area contributed by atoms with Crippen LogP contribution in [0.25, 0.3) is 0 Å². The van der Waals surface area contributed by atoms with Gasteiger partial charge in [-0.05, 0) is 47.4 Å². The first kappa shape index (κ1) is 46.0. The minimum Gasteiger partial charge on any atom is -1.00 e. The fourth-order valence-electron chi connectivity index (χ4n) is 7.07. The van der Waals surface area contributed by atoms with Crippen LogP contribution in [0.2, 0.25) is 0 Å². The van der Waals surface area contributed by atoms with Crippen LogP contribution in [0, 0.1) is 23.7 Å². The summed E-state index contributed by atoms with van der Waals surface area (Å²) in [7, 11) is 5.58. The molecule has 9 nitrogen and oxygen atoms in total. The second-order valence-corrected chi connectivity index (χ2v) is 16.7. The van der Waals surface area contributed by atoms with Crippen LogP contribution >= 0.6 is 35.6 Å². The number of allylic oxidation sites excluding steroid dienone is 1. The third kappa shape index (κ3) is 14.9. The molecule has 2 aliphatic carbocycles. The summed E-state index contributed by atoms with van der Waals surface area (Å²) in [6.45, 7) is 5.67. The molecule has 284 valence electrons. The van der Waals surface area contributed by atoms with Crippen LogP contribution in [0.3, 0.4) is 0 Å². The number of hydrogen-bond acceptors (Lipinski definition) is 9. The zero-order valence-corrected chi connectivity index (χ0v) is 36.3. The number of aldehydes is 1. The Morgan fingerprint density at radius 2 is 1.26 bits per heavy atom. The molecule has 2 aliphatic heterocycles. The van der Waals surface area contributed by atoms with Gasteiger partial charge in [-0.3, -0.25) is 19.2 Å². The van der Waals surface area contributed by atoms with Crippen molar-refractivity contribution in [2.24, 2.45) is 23.7 Å². The summed E-state index contributed by atoms with van der Waals surface area (Å²) in [5.74, 6) is 0.181. The second-order valence-electron chi connectivity index (χ2n) is 13.1. The van der Waals surface area contributed by atoms with Crippen LogP contribution in [0.15, 0.2) is 72.8 Å². The van der Waals surface area contributed by atoms with Gasteiger partial charge in [0.15, 0.2) is 5.78 Å². The first-order valence-electron chi connectivity index (χ1n) is 17.8. The third-order valence-electron chi connectivity index (χ3n) is 9.77. The molecule has 0 aromatic heterocycles. The summed E-state index contributed by atoms with van der Waals surface area (Å²) in [4.78, 5) is 56.8. The Kier molecular flexibility index (Phi) is 21.7. The van der Waals surface area contributed by atoms with Crippen LogP contribution in [0.1, 0.15) is 63.0 Å². The van der Waals surface area contributed by atoms with E-state index in [1.165, 1.54) is 11.1 Å². The van der Waals surface area contributed by atoms with E-state index in [0.29, 0.717) is 53.0 Å². The summed E-state index contributed by atoms with van der Waals surface area (Å²) in [6, 6.07) is 20.1. The van der Waals surface area contributed by atoms with Crippen LogP contribution in [-0.2, 0) is 55.3 Å². The molecule has 0 bridgehead atoms. The van der Waals surface area contributed by atoms with Crippen molar-refractivity contribution >= 4 is 78.8 Å². The van der Waals surface area contributed by atoms with Crippen LogP contribution in [-0.4, -0.2) is 67.6 Å². The highest BCUT2D eigenvalue weighted by Gasteiger charge is 2.51. The number of ether oxygens (including phenoxy) is 2. The Balaban J connectivity index is 0.000000231. The number of carbonyl (C=O) groups excluding carboxylic acids is 5. The van der Waals surface area contributed by atoms with E-state index in [4.69, 9.17) is 18.5 Å². The predicted octanol–water partition coefficient (Wildman–Crippen LogP) is 3.21. The summed E-state index contributed by atoms with van der Waals surface area (Å²) in [6.07, 6.45) is 9.89. The number of aryl methyl sites for hydroxylation is 2. The van der Waals surface area contributed by atoms with Gasteiger partial charge in [-0.15, -0.1) is 0 Å². The number of rotatable bonds is 16. The monoisotopic (exact) mass is 909 g/mol. The summed E-state index contributed by atoms with van der Waals surface area (Å²) in [5, 5.41) is 0. The number of fused-ring (bicyclic) bond motifs is 2. The molecule has 0 spiro atoms. The first-order valence-corrected chi connectivity index (χ1v) is 21.1. The minimum atomic E-state index is -0.185. The van der Waals surface area contributed by atoms with E-state index in [-0.39, 0.29) is 98.5 Å². The van der Waals surface area contributed by atoms with Crippen molar-refractivity contribution in [2.45, 2.75) is 89.1 Å². The average molecular weight is 909 g/mol. The van der Waals surface area contributed by atoms with Gasteiger partial charge in [-0.1, -0.05) is 73.7 Å². The van der Waals surface area contributed by atoms with Gasteiger partial charge in [0.2, 0.25) is 13.4 Å². The Labute approximate surface area is 340 Å². The molecular formula is C37H48B2IO9P4-. The minimum absolute atomic E-state index is 0. The fourth-order valence-corrected chi connectivity index (χ4v) is 8.56. The van der Waals surface area contributed by atoms with Crippen molar-refractivity contribution in [1.82, 2.24) is 0 Å². The largest absolute Gasteiger partial charge is 1.00 e. The predicted molar refractivity (Wildman–Crippen MR) is 215 cm³/mol. The van der Waals surface area contributed by atoms with Gasteiger partial charge < -0.3 is 47.3 Å². The van der Waals surface area contributed by atoms with Gasteiger partial charge in [0.1, 0.15) is 24.3 Å². The summed E-state index contributed by atoms with van der Waals surface area (Å²) in [5.41, 5.74) is 2.41. The van der Waals surface area contributed by atoms with Crippen molar-refractivity contribution < 1.29 is 66.5 Å². The van der Waals surface area contributed by atoms with Crippen LogP contribution in [0.4, 0.5) is 0 Å². The lowest BCUT2D eigenvalue weighted by Crippen LogP contribution is -3.00. The molecule has 53 heavy (non-hydrogen) atoms. The highest BCUT2D eigenvalue weighted by atomic mass is 127. The maximum atomic E-state index is 12.2. The quantitative estimate of drug-likeness (QED) is 0.0625. The lowest BCUT2D eigenvalue weighted by atomic mass is 9.91.